The van der Waals surface area contributed by atoms with Crippen LogP contribution in [0.15, 0.2) is 36.5 Å². The third-order valence-corrected chi connectivity index (χ3v) is 4.77. The highest BCUT2D eigenvalue weighted by molar-refractivity contribution is 6.06. The van der Waals surface area contributed by atoms with Gasteiger partial charge in [0.25, 0.3) is 11.8 Å². The van der Waals surface area contributed by atoms with E-state index in [4.69, 9.17) is 4.74 Å². The largest absolute Gasteiger partial charge is 0.497 e. The van der Waals surface area contributed by atoms with Gasteiger partial charge in [-0.05, 0) is 50.1 Å². The minimum atomic E-state index is -0.421. The van der Waals surface area contributed by atoms with Crippen LogP contribution < -0.4 is 20.9 Å². The number of amides is 2. The van der Waals surface area contributed by atoms with E-state index < -0.39 is 5.91 Å². The van der Waals surface area contributed by atoms with Crippen LogP contribution in [-0.2, 0) is 4.79 Å². The van der Waals surface area contributed by atoms with E-state index in [-0.39, 0.29) is 24.4 Å². The van der Waals surface area contributed by atoms with E-state index in [1.807, 2.05) is 27.7 Å². The molecule has 0 aliphatic heterocycles. The Kier molecular flexibility index (Phi) is 6.74. The van der Waals surface area contributed by atoms with Gasteiger partial charge in [-0.1, -0.05) is 13.8 Å². The van der Waals surface area contributed by atoms with Crippen LogP contribution in [0.25, 0.3) is 11.0 Å². The molecule has 164 valence electrons. The van der Waals surface area contributed by atoms with Gasteiger partial charge in [-0.2, -0.15) is 5.10 Å². The van der Waals surface area contributed by atoms with Gasteiger partial charge >= 0.3 is 0 Å². The van der Waals surface area contributed by atoms with Gasteiger partial charge in [-0.25, -0.2) is 9.67 Å². The molecule has 1 aromatic carbocycles. The van der Waals surface area contributed by atoms with Crippen molar-refractivity contribution < 1.29 is 14.3 Å². The number of pyridine rings is 1. The van der Waals surface area contributed by atoms with Gasteiger partial charge in [0.15, 0.2) is 5.65 Å². The van der Waals surface area contributed by atoms with Gasteiger partial charge in [0, 0.05) is 17.4 Å². The number of nitrogens with zero attached hydrogens (tertiary/aromatic N) is 3. The predicted octanol–water partition coefficient (Wildman–Crippen LogP) is 3.02. The first kappa shape index (κ1) is 22.1. The zero-order chi connectivity index (χ0) is 22.5. The number of ether oxygens (including phenoxy) is 1. The molecule has 2 amide bonds. The lowest BCUT2D eigenvalue weighted by Gasteiger charge is -2.13. The molecule has 9 nitrogen and oxygen atoms in total. The Morgan fingerprint density at radius 3 is 2.42 bits per heavy atom. The first-order chi connectivity index (χ1) is 14.8. The Balaban J connectivity index is 1.68. The van der Waals surface area contributed by atoms with Crippen molar-refractivity contribution in [1.82, 2.24) is 25.6 Å². The number of carbonyl (C=O) groups is 2. The van der Waals surface area contributed by atoms with Gasteiger partial charge in [-0.15, -0.1) is 0 Å². The summed E-state index contributed by atoms with van der Waals surface area (Å²) < 4.78 is 6.89. The molecule has 0 unspecified atom stereocenters. The van der Waals surface area contributed by atoms with Gasteiger partial charge in [0.2, 0.25) is 0 Å². The molecule has 0 aliphatic rings. The van der Waals surface area contributed by atoms with Gasteiger partial charge in [-0.3, -0.25) is 20.4 Å². The molecule has 2 heterocycles. The van der Waals surface area contributed by atoms with Crippen LogP contribution in [0.5, 0.6) is 5.75 Å². The number of nitrogens with one attached hydrogen (secondary N) is 3. The molecular weight excluding hydrogens is 396 g/mol. The maximum atomic E-state index is 12.8. The van der Waals surface area contributed by atoms with Crippen molar-refractivity contribution in [3.05, 3.63) is 47.8 Å². The molecule has 0 bridgehead atoms. The summed E-state index contributed by atoms with van der Waals surface area (Å²) >= 11 is 0. The summed E-state index contributed by atoms with van der Waals surface area (Å²) in [6.45, 7) is 8.04. The first-order valence-corrected chi connectivity index (χ1v) is 10.2. The van der Waals surface area contributed by atoms with E-state index in [9.17, 15) is 9.59 Å². The molecule has 9 heteroatoms. The molecule has 3 N–H and O–H groups in total. The zero-order valence-corrected chi connectivity index (χ0v) is 18.4. The van der Waals surface area contributed by atoms with Gasteiger partial charge in [0.05, 0.1) is 30.8 Å². The van der Waals surface area contributed by atoms with Crippen molar-refractivity contribution in [1.29, 1.82) is 0 Å². The summed E-state index contributed by atoms with van der Waals surface area (Å²) in [6, 6.07) is 9.04. The Hall–Kier alpha value is -3.62. The molecule has 0 fully saturated rings. The second kappa shape index (κ2) is 9.46. The number of carbonyl (C=O) groups excluding carboxylic acids is 2. The number of aromatic nitrogens is 3. The SMILES string of the molecule is COc1ccc(NCC(=O)NNC(=O)c2cc(C(C)C)nc3c2cnn3C(C)C)cc1. The average Bonchev–Trinajstić information content (AvgIpc) is 3.20. The van der Waals surface area contributed by atoms with E-state index in [0.717, 1.165) is 17.1 Å². The summed E-state index contributed by atoms with van der Waals surface area (Å²) in [5.41, 5.74) is 7.55. The van der Waals surface area contributed by atoms with E-state index >= 15 is 0 Å². The molecule has 0 spiro atoms. The third kappa shape index (κ3) is 5.11. The van der Waals surface area contributed by atoms with Crippen LogP contribution in [0.4, 0.5) is 5.69 Å². The quantitative estimate of drug-likeness (QED) is 0.503. The number of hydrazine groups is 1. The van der Waals surface area contributed by atoms with Crippen LogP contribution in [0.1, 0.15) is 55.7 Å². The predicted molar refractivity (Wildman–Crippen MR) is 119 cm³/mol. The highest BCUT2D eigenvalue weighted by Crippen LogP contribution is 2.24. The lowest BCUT2D eigenvalue weighted by Crippen LogP contribution is -2.44. The highest BCUT2D eigenvalue weighted by Gasteiger charge is 2.19. The molecule has 0 aliphatic carbocycles. The highest BCUT2D eigenvalue weighted by atomic mass is 16.5. The van der Waals surface area contributed by atoms with Crippen molar-refractivity contribution in [2.45, 2.75) is 39.7 Å². The summed E-state index contributed by atoms with van der Waals surface area (Å²) in [5, 5.41) is 8.00. The lowest BCUT2D eigenvalue weighted by molar-refractivity contribution is -0.120. The summed E-state index contributed by atoms with van der Waals surface area (Å²) in [7, 11) is 1.59. The smallest absolute Gasteiger partial charge is 0.270 e. The van der Waals surface area contributed by atoms with Gasteiger partial charge in [0.1, 0.15) is 5.75 Å². The summed E-state index contributed by atoms with van der Waals surface area (Å²) in [4.78, 5) is 29.7. The van der Waals surface area contributed by atoms with Crippen molar-refractivity contribution in [2.75, 3.05) is 19.0 Å². The fraction of sp³-hybridized carbons (Fsp3) is 0.364. The minimum absolute atomic E-state index is 0.000884. The third-order valence-electron chi connectivity index (χ3n) is 4.77. The fourth-order valence-corrected chi connectivity index (χ4v) is 3.03. The Morgan fingerprint density at radius 1 is 1.10 bits per heavy atom. The first-order valence-electron chi connectivity index (χ1n) is 10.2. The van der Waals surface area contributed by atoms with Crippen LogP contribution in [0.3, 0.4) is 0 Å². The van der Waals surface area contributed by atoms with E-state index in [2.05, 4.69) is 26.3 Å². The minimum Gasteiger partial charge on any atom is -0.497 e. The van der Waals surface area contributed by atoms with Crippen LogP contribution in [0, 0.1) is 0 Å². The molecule has 0 atom stereocenters. The number of rotatable bonds is 7. The molecule has 0 saturated heterocycles. The van der Waals surface area contributed by atoms with Crippen molar-refractivity contribution in [3.8, 4) is 5.75 Å². The summed E-state index contributed by atoms with van der Waals surface area (Å²) in [6.07, 6.45) is 1.63. The monoisotopic (exact) mass is 424 g/mol. The molecule has 3 aromatic rings. The lowest BCUT2D eigenvalue weighted by atomic mass is 10.1. The second-order valence-corrected chi connectivity index (χ2v) is 7.75. The van der Waals surface area contributed by atoms with Crippen molar-refractivity contribution in [2.24, 2.45) is 0 Å². The topological polar surface area (TPSA) is 110 Å². The standard InChI is InChI=1S/C22H28N6O3/c1-13(2)19-10-17(18-11-24-28(14(3)4)21(18)25-19)22(30)27-26-20(29)12-23-15-6-8-16(31-5)9-7-15/h6-11,13-14,23H,12H2,1-5H3,(H,26,29)(H,27,30). The average molecular weight is 425 g/mol. The van der Waals surface area contributed by atoms with Crippen LogP contribution >= 0.6 is 0 Å². The molecular formula is C22H28N6O3. The van der Waals surface area contributed by atoms with E-state index in [0.29, 0.717) is 16.6 Å². The van der Waals surface area contributed by atoms with Crippen molar-refractivity contribution in [3.63, 3.8) is 0 Å². The zero-order valence-electron chi connectivity index (χ0n) is 18.4. The Labute approximate surface area is 181 Å². The van der Waals surface area contributed by atoms with Crippen molar-refractivity contribution >= 4 is 28.5 Å². The normalized spacial score (nSPS) is 11.1. The maximum absolute atomic E-state index is 12.8. The second-order valence-electron chi connectivity index (χ2n) is 7.75. The Bertz CT molecular complexity index is 1070. The fourth-order valence-electron chi connectivity index (χ4n) is 3.03. The number of hydrogen-bond acceptors (Lipinski definition) is 6. The number of fused-ring (bicyclic) bond motifs is 1. The number of anilines is 1. The summed E-state index contributed by atoms with van der Waals surface area (Å²) in [5.74, 6) is 0.0640. The van der Waals surface area contributed by atoms with Crippen LogP contribution in [0.2, 0.25) is 0 Å². The molecule has 0 saturated carbocycles. The molecule has 2 aromatic heterocycles. The Morgan fingerprint density at radius 2 is 1.81 bits per heavy atom. The molecule has 31 heavy (non-hydrogen) atoms. The molecule has 3 rings (SSSR count). The van der Waals surface area contributed by atoms with Gasteiger partial charge < -0.3 is 10.1 Å². The number of methoxy groups -OCH3 is 1. The number of benzene rings is 1. The van der Waals surface area contributed by atoms with E-state index in [1.54, 1.807) is 48.3 Å². The van der Waals surface area contributed by atoms with E-state index in [1.165, 1.54) is 0 Å². The molecule has 0 radical (unpaired) electrons. The maximum Gasteiger partial charge on any atom is 0.270 e. The van der Waals surface area contributed by atoms with Crippen LogP contribution in [-0.4, -0.2) is 40.2 Å². The number of hydrogen-bond donors (Lipinski definition) is 3.